The molecule has 0 amide bonds. The Balaban J connectivity index is 1.85. The van der Waals surface area contributed by atoms with E-state index < -0.39 is 12.2 Å². The van der Waals surface area contributed by atoms with Gasteiger partial charge in [0.25, 0.3) is 6.43 Å². The van der Waals surface area contributed by atoms with E-state index >= 15 is 0 Å². The van der Waals surface area contributed by atoms with Crippen molar-refractivity contribution in [3.63, 3.8) is 0 Å². The van der Waals surface area contributed by atoms with Crippen molar-refractivity contribution in [3.8, 4) is 11.5 Å². The molecule has 6 nitrogen and oxygen atoms in total. The molecule has 9 heteroatoms. The van der Waals surface area contributed by atoms with Gasteiger partial charge in [-0.3, -0.25) is 0 Å². The molecule has 0 aliphatic rings. The third kappa shape index (κ3) is 4.86. The molecule has 3 aromatic rings. The van der Waals surface area contributed by atoms with E-state index in [0.717, 1.165) is 27.1 Å². The second-order valence-electron chi connectivity index (χ2n) is 6.37. The minimum atomic E-state index is -2.79. The lowest BCUT2D eigenvalue weighted by Gasteiger charge is -2.13. The van der Waals surface area contributed by atoms with Crippen LogP contribution in [0.2, 0.25) is 0 Å². The van der Waals surface area contributed by atoms with E-state index in [4.69, 9.17) is 21.7 Å². The van der Waals surface area contributed by atoms with E-state index in [1.807, 2.05) is 38.1 Å². The number of nitrogens with one attached hydrogen (secondary N) is 1. The Labute approximate surface area is 171 Å². The Hall–Kier alpha value is -3.07. The summed E-state index contributed by atoms with van der Waals surface area (Å²) in [5.41, 5.74) is 3.60. The summed E-state index contributed by atoms with van der Waals surface area (Å²) in [6, 6.07) is 11.3. The standard InChI is InChI=1S/C20H20F2N4O2S/c1-12-4-5-13(2)17(8-12)28-11-15-9-14(6-7-16(15)27-3)10-23-26-19(18(21)22)24-25-20(26)29/h4-10,18H,11H2,1-3H3,(H,25,29)/b23-10-. The highest BCUT2D eigenvalue weighted by Crippen LogP contribution is 2.24. The number of H-pyrrole nitrogens is 1. The molecule has 29 heavy (non-hydrogen) atoms. The molecule has 1 aromatic heterocycles. The monoisotopic (exact) mass is 418 g/mol. The SMILES string of the molecule is COc1ccc(/C=N\n2c(C(F)F)n[nH]c2=S)cc1COc1cc(C)ccc1C. The molecule has 2 aromatic carbocycles. The van der Waals surface area contributed by atoms with E-state index in [0.29, 0.717) is 11.3 Å². The quantitative estimate of drug-likeness (QED) is 0.435. The summed E-state index contributed by atoms with van der Waals surface area (Å²) in [6.45, 7) is 4.26. The zero-order chi connectivity index (χ0) is 21.0. The first-order valence-electron chi connectivity index (χ1n) is 8.76. The molecule has 0 saturated heterocycles. The molecule has 0 atom stereocenters. The van der Waals surface area contributed by atoms with Gasteiger partial charge < -0.3 is 9.47 Å². The first kappa shape index (κ1) is 20.7. The number of rotatable bonds is 7. The van der Waals surface area contributed by atoms with Crippen molar-refractivity contribution in [2.75, 3.05) is 7.11 Å². The number of halogens is 2. The zero-order valence-electron chi connectivity index (χ0n) is 16.1. The number of aromatic nitrogens is 3. The van der Waals surface area contributed by atoms with Crippen molar-refractivity contribution >= 4 is 18.4 Å². The molecule has 0 radical (unpaired) electrons. The molecular weight excluding hydrogens is 398 g/mol. The second-order valence-corrected chi connectivity index (χ2v) is 6.76. The lowest BCUT2D eigenvalue weighted by molar-refractivity contribution is 0.136. The Morgan fingerprint density at radius 1 is 1.21 bits per heavy atom. The van der Waals surface area contributed by atoms with Gasteiger partial charge in [-0.05, 0) is 67.0 Å². The van der Waals surface area contributed by atoms with Gasteiger partial charge in [-0.15, -0.1) is 0 Å². The van der Waals surface area contributed by atoms with E-state index in [9.17, 15) is 8.78 Å². The fourth-order valence-electron chi connectivity index (χ4n) is 2.69. The van der Waals surface area contributed by atoms with Crippen LogP contribution in [0, 0.1) is 18.6 Å². The molecule has 152 valence electrons. The fourth-order valence-corrected chi connectivity index (χ4v) is 2.88. The predicted octanol–water partition coefficient (Wildman–Crippen LogP) is 4.96. The van der Waals surface area contributed by atoms with E-state index in [-0.39, 0.29) is 11.4 Å². The third-order valence-electron chi connectivity index (χ3n) is 4.22. The molecule has 0 unspecified atom stereocenters. The molecule has 1 N–H and O–H groups in total. The number of aryl methyl sites for hydroxylation is 2. The molecule has 1 heterocycles. The highest BCUT2D eigenvalue weighted by atomic mass is 32.1. The maximum absolute atomic E-state index is 13.0. The molecule has 0 aliphatic heterocycles. The number of ether oxygens (including phenoxy) is 2. The molecule has 0 saturated carbocycles. The summed E-state index contributed by atoms with van der Waals surface area (Å²) in [4.78, 5) is 0. The molecular formula is C20H20F2N4O2S. The topological polar surface area (TPSA) is 64.4 Å². The summed E-state index contributed by atoms with van der Waals surface area (Å²) in [7, 11) is 1.57. The minimum absolute atomic E-state index is 0.0106. The first-order chi connectivity index (χ1) is 13.9. The van der Waals surface area contributed by atoms with Crippen molar-refractivity contribution in [2.24, 2.45) is 5.10 Å². The van der Waals surface area contributed by atoms with Crippen LogP contribution >= 0.6 is 12.2 Å². The molecule has 0 spiro atoms. The van der Waals surface area contributed by atoms with E-state index in [1.54, 1.807) is 19.2 Å². The molecule has 0 aliphatic carbocycles. The van der Waals surface area contributed by atoms with Crippen LogP contribution < -0.4 is 9.47 Å². The lowest BCUT2D eigenvalue weighted by Crippen LogP contribution is -2.02. The zero-order valence-corrected chi connectivity index (χ0v) is 17.0. The number of hydrogen-bond acceptors (Lipinski definition) is 5. The number of aromatic amines is 1. The van der Waals surface area contributed by atoms with Crippen molar-refractivity contribution in [2.45, 2.75) is 26.9 Å². The van der Waals surface area contributed by atoms with Gasteiger partial charge in [-0.2, -0.15) is 14.9 Å². The molecule has 0 fully saturated rings. The fraction of sp³-hybridized carbons (Fsp3) is 0.250. The van der Waals surface area contributed by atoms with Crippen molar-refractivity contribution in [1.82, 2.24) is 14.9 Å². The van der Waals surface area contributed by atoms with Gasteiger partial charge in [0.15, 0.2) is 0 Å². The van der Waals surface area contributed by atoms with Crippen LogP contribution in [0.5, 0.6) is 11.5 Å². The van der Waals surface area contributed by atoms with Crippen molar-refractivity contribution in [1.29, 1.82) is 0 Å². The van der Waals surface area contributed by atoms with Gasteiger partial charge in [0.05, 0.1) is 13.3 Å². The van der Waals surface area contributed by atoms with Crippen LogP contribution in [0.25, 0.3) is 0 Å². The summed E-state index contributed by atoms with van der Waals surface area (Å²) in [5, 5.41) is 9.84. The van der Waals surface area contributed by atoms with Crippen molar-refractivity contribution < 1.29 is 18.3 Å². The van der Waals surface area contributed by atoms with Crippen LogP contribution in [-0.4, -0.2) is 28.2 Å². The highest BCUT2D eigenvalue weighted by molar-refractivity contribution is 7.71. The van der Waals surface area contributed by atoms with Crippen LogP contribution in [0.3, 0.4) is 0 Å². The maximum atomic E-state index is 13.0. The molecule has 3 rings (SSSR count). The normalized spacial score (nSPS) is 11.4. The summed E-state index contributed by atoms with van der Waals surface area (Å²) in [5.74, 6) is 0.899. The Morgan fingerprint density at radius 3 is 2.72 bits per heavy atom. The Morgan fingerprint density at radius 2 is 2.00 bits per heavy atom. The first-order valence-corrected chi connectivity index (χ1v) is 9.16. The number of hydrogen-bond donors (Lipinski definition) is 1. The summed E-state index contributed by atoms with van der Waals surface area (Å²) < 4.78 is 38.2. The van der Waals surface area contributed by atoms with Gasteiger partial charge in [0.1, 0.15) is 18.1 Å². The van der Waals surface area contributed by atoms with Crippen LogP contribution in [0.15, 0.2) is 41.5 Å². The summed E-state index contributed by atoms with van der Waals surface area (Å²) in [6.07, 6.45) is -1.37. The minimum Gasteiger partial charge on any atom is -0.496 e. The van der Waals surface area contributed by atoms with Gasteiger partial charge in [0, 0.05) is 5.56 Å². The number of nitrogens with zero attached hydrogens (tertiary/aromatic N) is 3. The Kier molecular flexibility index (Phi) is 6.38. The number of methoxy groups -OCH3 is 1. The van der Waals surface area contributed by atoms with Gasteiger partial charge in [0.2, 0.25) is 10.6 Å². The highest BCUT2D eigenvalue weighted by Gasteiger charge is 2.16. The van der Waals surface area contributed by atoms with Gasteiger partial charge >= 0.3 is 0 Å². The number of benzene rings is 2. The van der Waals surface area contributed by atoms with Gasteiger partial charge in [-0.25, -0.2) is 13.9 Å². The lowest BCUT2D eigenvalue weighted by atomic mass is 10.1. The average Bonchev–Trinajstić information content (AvgIpc) is 3.07. The van der Waals surface area contributed by atoms with E-state index in [2.05, 4.69) is 15.3 Å². The molecule has 0 bridgehead atoms. The van der Waals surface area contributed by atoms with Crippen LogP contribution in [0.1, 0.15) is 34.5 Å². The van der Waals surface area contributed by atoms with E-state index in [1.165, 1.54) is 6.21 Å². The Bertz CT molecular complexity index is 1090. The second kappa shape index (κ2) is 8.95. The van der Waals surface area contributed by atoms with Crippen LogP contribution in [0.4, 0.5) is 8.78 Å². The smallest absolute Gasteiger partial charge is 0.299 e. The average molecular weight is 418 g/mol. The largest absolute Gasteiger partial charge is 0.496 e. The van der Waals surface area contributed by atoms with Crippen LogP contribution in [-0.2, 0) is 6.61 Å². The van der Waals surface area contributed by atoms with Gasteiger partial charge in [-0.1, -0.05) is 12.1 Å². The predicted molar refractivity (Wildman–Crippen MR) is 109 cm³/mol. The maximum Gasteiger partial charge on any atom is 0.299 e. The summed E-state index contributed by atoms with van der Waals surface area (Å²) >= 11 is 4.95. The number of alkyl halides is 2. The van der Waals surface area contributed by atoms with Crippen molar-refractivity contribution in [3.05, 3.63) is 69.2 Å². The third-order valence-corrected chi connectivity index (χ3v) is 4.49.